The van der Waals surface area contributed by atoms with Crippen LogP contribution in [0, 0.1) is 6.92 Å². The molecule has 0 saturated heterocycles. The van der Waals surface area contributed by atoms with Crippen molar-refractivity contribution in [3.8, 4) is 11.3 Å². The number of carbonyl (C=O) groups excluding carboxylic acids is 4. The lowest BCUT2D eigenvalue weighted by atomic mass is 10.0. The van der Waals surface area contributed by atoms with Crippen LogP contribution in [-0.4, -0.2) is 35.2 Å². The summed E-state index contributed by atoms with van der Waals surface area (Å²) in [5.74, 6) is -1.71. The minimum absolute atomic E-state index is 0.257. The molecule has 0 spiro atoms. The second kappa shape index (κ2) is 10.6. The molecule has 2 heterocycles. The van der Waals surface area contributed by atoms with Crippen LogP contribution >= 0.6 is 15.9 Å². The maximum atomic E-state index is 13.3. The molecule has 5 aromatic rings. The largest absolute Gasteiger partial charge is 0.454 e. The third-order valence-electron chi connectivity index (χ3n) is 6.91. The molecule has 7 nitrogen and oxygen atoms in total. The summed E-state index contributed by atoms with van der Waals surface area (Å²) in [6.07, 6.45) is 0. The first kappa shape index (κ1) is 26.3. The van der Waals surface area contributed by atoms with Crippen LogP contribution in [0.1, 0.15) is 47.0 Å². The summed E-state index contributed by atoms with van der Waals surface area (Å²) in [7, 11) is 0. The lowest BCUT2D eigenvalue weighted by Crippen LogP contribution is -2.29. The average molecular weight is 605 g/mol. The minimum Gasteiger partial charge on any atom is -0.454 e. The van der Waals surface area contributed by atoms with E-state index in [1.165, 1.54) is 0 Å². The van der Waals surface area contributed by atoms with Gasteiger partial charge in [-0.15, -0.1) is 0 Å². The van der Waals surface area contributed by atoms with Gasteiger partial charge in [-0.1, -0.05) is 70.0 Å². The Balaban J connectivity index is 1.29. The first-order valence-corrected chi connectivity index (χ1v) is 13.5. The van der Waals surface area contributed by atoms with Gasteiger partial charge in [0.05, 0.1) is 33.6 Å². The summed E-state index contributed by atoms with van der Waals surface area (Å²) >= 11 is 3.44. The first-order valence-electron chi connectivity index (χ1n) is 12.8. The van der Waals surface area contributed by atoms with Crippen LogP contribution in [0.3, 0.4) is 0 Å². The Hall–Kier alpha value is -4.95. The summed E-state index contributed by atoms with van der Waals surface area (Å²) in [6, 6.07) is 27.6. The van der Waals surface area contributed by atoms with Crippen molar-refractivity contribution in [2.24, 2.45) is 0 Å². The lowest BCUT2D eigenvalue weighted by molar-refractivity contribution is 0.0476. The third-order valence-corrected chi connectivity index (χ3v) is 7.41. The van der Waals surface area contributed by atoms with E-state index in [2.05, 4.69) is 15.9 Å². The number of ether oxygens (including phenoxy) is 1. The van der Waals surface area contributed by atoms with Gasteiger partial charge in [-0.05, 0) is 55.5 Å². The number of hydrogen-bond donors (Lipinski definition) is 0. The number of aromatic nitrogens is 1. The molecule has 2 amide bonds. The van der Waals surface area contributed by atoms with Gasteiger partial charge in [0.15, 0.2) is 12.4 Å². The number of imide groups is 1. The zero-order valence-corrected chi connectivity index (χ0v) is 23.3. The number of Topliss-reactive ketones (excluding diaryl/α,β-unsaturated/α-hetero) is 1. The third kappa shape index (κ3) is 4.94. The summed E-state index contributed by atoms with van der Waals surface area (Å²) in [5.41, 5.74) is 4.63. The van der Waals surface area contributed by atoms with Crippen molar-refractivity contribution in [1.82, 2.24) is 4.98 Å². The highest BCUT2D eigenvalue weighted by Crippen LogP contribution is 2.32. The number of anilines is 1. The number of hydrogen-bond acceptors (Lipinski definition) is 6. The molecule has 1 aromatic heterocycles. The molecule has 200 valence electrons. The van der Waals surface area contributed by atoms with Crippen molar-refractivity contribution in [2.75, 3.05) is 11.5 Å². The standard InChI is InChI=1S/C33H21BrN2O5/c1-19-6-8-21(9-7-19)30(37)18-41-33(40)27-17-29(35-28-15-12-22(34)16-26(27)28)20-10-13-23(14-11-20)36-31(38)24-4-2-3-5-25(24)32(36)39/h2-17H,18H2,1H3. The molecule has 0 aliphatic carbocycles. The topological polar surface area (TPSA) is 93.6 Å². The number of aryl methyl sites for hydroxylation is 1. The van der Waals surface area contributed by atoms with Crippen LogP contribution in [-0.2, 0) is 4.74 Å². The summed E-state index contributed by atoms with van der Waals surface area (Å²) in [4.78, 5) is 57.5. The maximum absolute atomic E-state index is 13.3. The molecule has 41 heavy (non-hydrogen) atoms. The Morgan fingerprint density at radius 1 is 0.829 bits per heavy atom. The van der Waals surface area contributed by atoms with Crippen LogP contribution in [0.15, 0.2) is 102 Å². The van der Waals surface area contributed by atoms with Crippen molar-refractivity contribution in [3.05, 3.63) is 129 Å². The number of fused-ring (bicyclic) bond motifs is 2. The normalized spacial score (nSPS) is 12.5. The van der Waals surface area contributed by atoms with Crippen molar-refractivity contribution in [3.63, 3.8) is 0 Å². The van der Waals surface area contributed by atoms with Crippen molar-refractivity contribution in [1.29, 1.82) is 0 Å². The highest BCUT2D eigenvalue weighted by atomic mass is 79.9. The maximum Gasteiger partial charge on any atom is 0.339 e. The molecule has 0 saturated carbocycles. The monoisotopic (exact) mass is 604 g/mol. The van der Waals surface area contributed by atoms with Crippen LogP contribution < -0.4 is 4.90 Å². The number of halogens is 1. The molecule has 8 heteroatoms. The van der Waals surface area contributed by atoms with E-state index in [1.54, 1.807) is 78.9 Å². The van der Waals surface area contributed by atoms with Gasteiger partial charge in [0.25, 0.3) is 11.8 Å². The Morgan fingerprint density at radius 3 is 2.15 bits per heavy atom. The molecule has 1 aliphatic rings. The Morgan fingerprint density at radius 2 is 1.49 bits per heavy atom. The number of benzene rings is 4. The molecule has 0 bridgehead atoms. The van der Waals surface area contributed by atoms with Gasteiger partial charge in [0, 0.05) is 21.0 Å². The quantitative estimate of drug-likeness (QED) is 0.120. The van der Waals surface area contributed by atoms with Crippen LogP contribution in [0.2, 0.25) is 0 Å². The molecular formula is C33H21BrN2O5. The van der Waals surface area contributed by atoms with E-state index in [4.69, 9.17) is 9.72 Å². The van der Waals surface area contributed by atoms with Crippen LogP contribution in [0.4, 0.5) is 5.69 Å². The summed E-state index contributed by atoms with van der Waals surface area (Å²) < 4.78 is 6.20. The number of carbonyl (C=O) groups is 4. The molecule has 6 rings (SSSR count). The van der Waals surface area contributed by atoms with Crippen molar-refractivity contribution < 1.29 is 23.9 Å². The number of ketones is 1. The van der Waals surface area contributed by atoms with Gasteiger partial charge in [0.1, 0.15) is 0 Å². The second-order valence-electron chi connectivity index (χ2n) is 9.62. The van der Waals surface area contributed by atoms with E-state index >= 15 is 0 Å². The van der Waals surface area contributed by atoms with Crippen LogP contribution in [0.25, 0.3) is 22.2 Å². The number of rotatable bonds is 6. The highest BCUT2D eigenvalue weighted by Gasteiger charge is 2.36. The zero-order valence-electron chi connectivity index (χ0n) is 21.8. The molecular weight excluding hydrogens is 584 g/mol. The fourth-order valence-corrected chi connectivity index (χ4v) is 5.11. The lowest BCUT2D eigenvalue weighted by Gasteiger charge is -2.15. The Kier molecular flexibility index (Phi) is 6.77. The van der Waals surface area contributed by atoms with Gasteiger partial charge in [-0.2, -0.15) is 0 Å². The molecule has 0 radical (unpaired) electrons. The highest BCUT2D eigenvalue weighted by molar-refractivity contribution is 9.10. The molecule has 0 fully saturated rings. The molecule has 0 unspecified atom stereocenters. The number of pyridine rings is 1. The fraction of sp³-hybridized carbons (Fsp3) is 0.0606. The van der Waals surface area contributed by atoms with E-state index < -0.39 is 12.6 Å². The first-order chi connectivity index (χ1) is 19.8. The summed E-state index contributed by atoms with van der Waals surface area (Å²) in [5, 5.41) is 0.568. The average Bonchev–Trinajstić information content (AvgIpc) is 3.25. The van der Waals surface area contributed by atoms with E-state index in [-0.39, 0.29) is 23.2 Å². The predicted octanol–water partition coefficient (Wildman–Crippen LogP) is 6.81. The summed E-state index contributed by atoms with van der Waals surface area (Å²) in [6.45, 7) is 1.53. The number of nitrogens with zero attached hydrogens (tertiary/aromatic N) is 2. The van der Waals surface area contributed by atoms with Crippen molar-refractivity contribution >= 4 is 56.1 Å². The minimum atomic E-state index is -0.653. The van der Waals surface area contributed by atoms with E-state index in [9.17, 15) is 19.2 Å². The van der Waals surface area contributed by atoms with Gasteiger partial charge < -0.3 is 4.74 Å². The van der Waals surface area contributed by atoms with Gasteiger partial charge in [-0.25, -0.2) is 14.7 Å². The molecule has 1 aliphatic heterocycles. The molecule has 0 atom stereocenters. The SMILES string of the molecule is Cc1ccc(C(=O)COC(=O)c2cc(-c3ccc(N4C(=O)c5ccccc5C4=O)cc3)nc3ccc(Br)cc23)cc1. The van der Waals surface area contributed by atoms with Gasteiger partial charge in [-0.3, -0.25) is 14.4 Å². The second-order valence-corrected chi connectivity index (χ2v) is 10.5. The zero-order chi connectivity index (χ0) is 28.7. The van der Waals surface area contributed by atoms with Crippen LogP contribution in [0.5, 0.6) is 0 Å². The molecule has 0 N–H and O–H groups in total. The Labute approximate surface area is 243 Å². The predicted molar refractivity (Wildman–Crippen MR) is 158 cm³/mol. The Bertz CT molecular complexity index is 1850. The smallest absolute Gasteiger partial charge is 0.339 e. The number of amides is 2. The van der Waals surface area contributed by atoms with Crippen molar-refractivity contribution in [2.45, 2.75) is 6.92 Å². The van der Waals surface area contributed by atoms with Gasteiger partial charge in [0.2, 0.25) is 0 Å². The van der Waals surface area contributed by atoms with E-state index in [0.29, 0.717) is 44.5 Å². The molecule has 4 aromatic carbocycles. The number of esters is 1. The van der Waals surface area contributed by atoms with Gasteiger partial charge >= 0.3 is 5.97 Å². The fourth-order valence-electron chi connectivity index (χ4n) is 4.75. The van der Waals surface area contributed by atoms with E-state index in [0.717, 1.165) is 14.9 Å². The van der Waals surface area contributed by atoms with E-state index in [1.807, 2.05) is 25.1 Å².